The van der Waals surface area contributed by atoms with Crippen LogP contribution >= 0.6 is 0 Å². The van der Waals surface area contributed by atoms with Crippen LogP contribution in [-0.4, -0.2) is 23.9 Å². The van der Waals surface area contributed by atoms with E-state index in [1.165, 1.54) is 0 Å². The Balaban J connectivity index is 3.11. The Morgan fingerprint density at radius 1 is 1.62 bits per heavy atom. The van der Waals surface area contributed by atoms with Gasteiger partial charge in [0, 0.05) is 6.61 Å². The van der Waals surface area contributed by atoms with Gasteiger partial charge >= 0.3 is 0 Å². The van der Waals surface area contributed by atoms with E-state index in [-0.39, 0.29) is 0 Å². The molecule has 0 aromatic carbocycles. The van der Waals surface area contributed by atoms with Crippen LogP contribution in [0.5, 0.6) is 0 Å². The number of ether oxygens (including phenoxy) is 1. The minimum absolute atomic E-state index is 0.358. The fraction of sp³-hybridized carbons (Fsp3) is 0.833. The summed E-state index contributed by atoms with van der Waals surface area (Å²) in [6, 6.07) is 0. The molecule has 0 aromatic heterocycles. The van der Waals surface area contributed by atoms with Crippen molar-refractivity contribution in [1.82, 2.24) is 0 Å². The van der Waals surface area contributed by atoms with Crippen molar-refractivity contribution < 1.29 is 9.84 Å². The minimum atomic E-state index is -0.711. The van der Waals surface area contributed by atoms with Crippen molar-refractivity contribution in [1.29, 1.82) is 0 Å². The highest BCUT2D eigenvalue weighted by Crippen LogP contribution is 1.99. The summed E-state index contributed by atoms with van der Waals surface area (Å²) in [6.45, 7) is 7.63. The van der Waals surface area contributed by atoms with Gasteiger partial charge in [0.2, 0.25) is 0 Å². The molecule has 0 aliphatic heterocycles. The molecule has 2 heteroatoms. The quantitative estimate of drug-likeness (QED) is 0.586. The molecule has 0 saturated carbocycles. The molecule has 8 heavy (non-hydrogen) atoms. The summed E-state index contributed by atoms with van der Waals surface area (Å²) in [4.78, 5) is 0. The molecule has 0 fully saturated rings. The Bertz CT molecular complexity index is 54.0. The molecule has 0 heterocycles. The lowest BCUT2D eigenvalue weighted by atomic mass is 10.2. The maximum Gasteiger partial charge on any atom is 0.0824 e. The SMILES string of the molecule is [CH2]COCC(C)(C)O. The van der Waals surface area contributed by atoms with E-state index >= 15 is 0 Å². The molecule has 0 aliphatic carbocycles. The minimum Gasteiger partial charge on any atom is -0.388 e. The number of hydrogen-bond acceptors (Lipinski definition) is 2. The predicted molar refractivity (Wildman–Crippen MR) is 32.5 cm³/mol. The van der Waals surface area contributed by atoms with Crippen molar-refractivity contribution in [2.24, 2.45) is 0 Å². The number of rotatable bonds is 3. The van der Waals surface area contributed by atoms with Gasteiger partial charge in [-0.3, -0.25) is 0 Å². The number of aliphatic hydroxyl groups is 1. The molecule has 0 atom stereocenters. The molecule has 0 aliphatic rings. The van der Waals surface area contributed by atoms with Crippen molar-refractivity contribution >= 4 is 0 Å². The second kappa shape index (κ2) is 3.05. The Hall–Kier alpha value is -0.0800. The molecule has 49 valence electrons. The van der Waals surface area contributed by atoms with E-state index in [2.05, 4.69) is 6.92 Å². The predicted octanol–water partition coefficient (Wildman–Crippen LogP) is 0.608. The topological polar surface area (TPSA) is 29.5 Å². The van der Waals surface area contributed by atoms with Crippen molar-refractivity contribution in [2.45, 2.75) is 19.4 Å². The van der Waals surface area contributed by atoms with E-state index in [4.69, 9.17) is 9.84 Å². The Labute approximate surface area is 50.5 Å². The zero-order valence-electron chi connectivity index (χ0n) is 5.48. The summed E-state index contributed by atoms with van der Waals surface area (Å²) in [5.41, 5.74) is -0.711. The molecule has 0 amide bonds. The van der Waals surface area contributed by atoms with Crippen LogP contribution in [0.15, 0.2) is 0 Å². The van der Waals surface area contributed by atoms with Gasteiger partial charge in [-0.1, -0.05) is 0 Å². The summed E-state index contributed by atoms with van der Waals surface area (Å²) in [7, 11) is 0. The molecule has 0 saturated heterocycles. The molecule has 0 spiro atoms. The van der Waals surface area contributed by atoms with E-state index in [0.29, 0.717) is 13.2 Å². The van der Waals surface area contributed by atoms with Gasteiger partial charge in [0.05, 0.1) is 12.2 Å². The smallest absolute Gasteiger partial charge is 0.0824 e. The van der Waals surface area contributed by atoms with Gasteiger partial charge < -0.3 is 9.84 Å². The Morgan fingerprint density at radius 2 is 2.12 bits per heavy atom. The van der Waals surface area contributed by atoms with Gasteiger partial charge in [-0.25, -0.2) is 0 Å². The van der Waals surface area contributed by atoms with Crippen LogP contribution in [0.3, 0.4) is 0 Å². The van der Waals surface area contributed by atoms with Crippen LogP contribution in [0, 0.1) is 6.92 Å². The van der Waals surface area contributed by atoms with Gasteiger partial charge in [-0.2, -0.15) is 0 Å². The fourth-order valence-corrected chi connectivity index (χ4v) is 0.322. The molecule has 0 aromatic rings. The largest absolute Gasteiger partial charge is 0.388 e. The molecular formula is C6H13O2. The van der Waals surface area contributed by atoms with Crippen LogP contribution in [0.25, 0.3) is 0 Å². The van der Waals surface area contributed by atoms with Gasteiger partial charge in [0.15, 0.2) is 0 Å². The maximum absolute atomic E-state index is 9.00. The lowest BCUT2D eigenvalue weighted by molar-refractivity contribution is -0.0129. The third-order valence-corrected chi connectivity index (χ3v) is 0.600. The van der Waals surface area contributed by atoms with Crippen LogP contribution in [0.4, 0.5) is 0 Å². The van der Waals surface area contributed by atoms with E-state index in [1.807, 2.05) is 0 Å². The Kier molecular flexibility index (Phi) is 3.02. The summed E-state index contributed by atoms with van der Waals surface area (Å²) < 4.78 is 4.84. The van der Waals surface area contributed by atoms with Crippen molar-refractivity contribution in [3.05, 3.63) is 6.92 Å². The second-order valence-corrected chi connectivity index (χ2v) is 2.37. The zero-order valence-corrected chi connectivity index (χ0v) is 5.48. The molecule has 1 radical (unpaired) electrons. The average Bonchev–Trinajstić information content (AvgIpc) is 1.59. The lowest BCUT2D eigenvalue weighted by Crippen LogP contribution is -2.25. The first-order chi connectivity index (χ1) is 3.56. The van der Waals surface area contributed by atoms with Gasteiger partial charge in [-0.05, 0) is 20.8 Å². The van der Waals surface area contributed by atoms with Crippen LogP contribution in [-0.2, 0) is 4.74 Å². The van der Waals surface area contributed by atoms with E-state index < -0.39 is 5.60 Å². The van der Waals surface area contributed by atoms with Crippen molar-refractivity contribution in [3.63, 3.8) is 0 Å². The molecule has 2 nitrogen and oxygen atoms in total. The van der Waals surface area contributed by atoms with Crippen molar-refractivity contribution in [2.75, 3.05) is 13.2 Å². The molecule has 0 unspecified atom stereocenters. The van der Waals surface area contributed by atoms with E-state index in [1.54, 1.807) is 13.8 Å². The first-order valence-corrected chi connectivity index (χ1v) is 2.65. The van der Waals surface area contributed by atoms with E-state index in [0.717, 1.165) is 0 Å². The molecule has 1 N–H and O–H groups in total. The number of hydrogen-bond donors (Lipinski definition) is 1. The monoisotopic (exact) mass is 117 g/mol. The van der Waals surface area contributed by atoms with E-state index in [9.17, 15) is 0 Å². The first-order valence-electron chi connectivity index (χ1n) is 2.65. The van der Waals surface area contributed by atoms with Gasteiger partial charge in [0.1, 0.15) is 0 Å². The standard InChI is InChI=1S/C6H13O2/c1-4-8-5-6(2,3)7/h7H,1,4-5H2,2-3H3. The fourth-order valence-electron chi connectivity index (χ4n) is 0.322. The van der Waals surface area contributed by atoms with Crippen LogP contribution in [0.1, 0.15) is 13.8 Å². The van der Waals surface area contributed by atoms with Crippen LogP contribution in [0.2, 0.25) is 0 Å². The summed E-state index contributed by atoms with van der Waals surface area (Å²) in [6.07, 6.45) is 0. The highest BCUT2D eigenvalue weighted by atomic mass is 16.5. The third-order valence-electron chi connectivity index (χ3n) is 0.600. The van der Waals surface area contributed by atoms with Gasteiger partial charge in [0.25, 0.3) is 0 Å². The third kappa shape index (κ3) is 5.92. The molecular weight excluding hydrogens is 104 g/mol. The summed E-state index contributed by atoms with van der Waals surface area (Å²) in [5, 5.41) is 9.00. The summed E-state index contributed by atoms with van der Waals surface area (Å²) >= 11 is 0. The average molecular weight is 117 g/mol. The van der Waals surface area contributed by atoms with Gasteiger partial charge in [-0.15, -0.1) is 0 Å². The first kappa shape index (κ1) is 7.92. The molecule has 0 bridgehead atoms. The summed E-state index contributed by atoms with van der Waals surface area (Å²) in [5.74, 6) is 0. The second-order valence-electron chi connectivity index (χ2n) is 2.37. The highest BCUT2D eigenvalue weighted by molar-refractivity contribution is 4.62. The highest BCUT2D eigenvalue weighted by Gasteiger charge is 2.10. The van der Waals surface area contributed by atoms with Crippen LogP contribution < -0.4 is 0 Å². The maximum atomic E-state index is 9.00. The normalized spacial score (nSPS) is 12.0. The lowest BCUT2D eigenvalue weighted by Gasteiger charge is -2.15. The van der Waals surface area contributed by atoms with Crippen molar-refractivity contribution in [3.8, 4) is 0 Å². The zero-order chi connectivity index (χ0) is 6.62. The molecule has 0 rings (SSSR count). The Morgan fingerprint density at radius 3 is 2.25 bits per heavy atom.